The lowest BCUT2D eigenvalue weighted by Crippen LogP contribution is -2.31. The van der Waals surface area contributed by atoms with Crippen LogP contribution in [-0.2, 0) is 6.61 Å². The van der Waals surface area contributed by atoms with Gasteiger partial charge in [0.25, 0.3) is 0 Å². The molecule has 0 radical (unpaired) electrons. The topological polar surface area (TPSA) is 87.6 Å². The number of benzene rings is 3. The van der Waals surface area contributed by atoms with E-state index in [9.17, 15) is 4.39 Å². The first kappa shape index (κ1) is 25.6. The molecule has 38 heavy (non-hydrogen) atoms. The second-order valence-electron chi connectivity index (χ2n) is 8.79. The summed E-state index contributed by atoms with van der Waals surface area (Å²) in [7, 11) is 0. The summed E-state index contributed by atoms with van der Waals surface area (Å²) in [6.07, 6.45) is 5.08. The number of hydrazone groups is 1. The Labute approximate surface area is 229 Å². The minimum absolute atomic E-state index is 0.278. The van der Waals surface area contributed by atoms with Crippen molar-refractivity contribution >= 4 is 45.7 Å². The van der Waals surface area contributed by atoms with E-state index in [1.807, 2.05) is 48.5 Å². The van der Waals surface area contributed by atoms with Gasteiger partial charge >= 0.3 is 0 Å². The fraction of sp³-hybridized carbons (Fsp3) is 0.214. The maximum Gasteiger partial charge on any atom is 0.250 e. The number of para-hydroxylation sites is 1. The lowest BCUT2D eigenvalue weighted by Gasteiger charge is -2.26. The Balaban J connectivity index is 1.34. The van der Waals surface area contributed by atoms with Crippen molar-refractivity contribution < 1.29 is 9.13 Å². The van der Waals surface area contributed by atoms with E-state index in [2.05, 4.69) is 51.6 Å². The molecule has 0 amide bonds. The molecule has 3 aromatic carbocycles. The van der Waals surface area contributed by atoms with E-state index < -0.39 is 0 Å². The quantitative estimate of drug-likeness (QED) is 0.173. The zero-order chi connectivity index (χ0) is 26.2. The van der Waals surface area contributed by atoms with Crippen LogP contribution >= 0.6 is 15.9 Å². The van der Waals surface area contributed by atoms with Gasteiger partial charge in [-0.25, -0.2) is 9.82 Å². The van der Waals surface area contributed by atoms with Crippen molar-refractivity contribution in [2.24, 2.45) is 5.10 Å². The molecule has 0 unspecified atom stereocenters. The van der Waals surface area contributed by atoms with Crippen molar-refractivity contribution in [3.8, 4) is 5.75 Å². The molecule has 10 heteroatoms. The monoisotopic (exact) mass is 575 g/mol. The molecule has 5 rings (SSSR count). The van der Waals surface area contributed by atoms with Crippen LogP contribution in [0.3, 0.4) is 0 Å². The van der Waals surface area contributed by atoms with Crippen molar-refractivity contribution in [1.29, 1.82) is 0 Å². The lowest BCUT2D eigenvalue weighted by atomic mass is 10.1. The first-order chi connectivity index (χ1) is 18.6. The van der Waals surface area contributed by atoms with Gasteiger partial charge in [0.05, 0.1) is 6.21 Å². The van der Waals surface area contributed by atoms with Crippen molar-refractivity contribution in [2.75, 3.05) is 28.7 Å². The van der Waals surface area contributed by atoms with Crippen LogP contribution in [0.1, 0.15) is 30.4 Å². The van der Waals surface area contributed by atoms with Gasteiger partial charge in [-0.1, -0.05) is 46.3 Å². The minimum atomic E-state index is -0.278. The van der Waals surface area contributed by atoms with Crippen molar-refractivity contribution in [1.82, 2.24) is 15.0 Å². The second kappa shape index (κ2) is 12.5. The largest absolute Gasteiger partial charge is 0.488 e. The van der Waals surface area contributed by atoms with E-state index in [0.717, 1.165) is 47.2 Å². The highest BCUT2D eigenvalue weighted by Crippen LogP contribution is 2.24. The molecule has 1 fully saturated rings. The molecule has 2 N–H and O–H groups in total. The molecule has 194 valence electrons. The molecule has 1 aliphatic heterocycles. The van der Waals surface area contributed by atoms with E-state index in [1.165, 1.54) is 18.6 Å². The third-order valence-corrected chi connectivity index (χ3v) is 6.43. The van der Waals surface area contributed by atoms with Gasteiger partial charge in [-0.15, -0.1) is 0 Å². The van der Waals surface area contributed by atoms with Crippen molar-refractivity contribution in [2.45, 2.75) is 25.9 Å². The summed E-state index contributed by atoms with van der Waals surface area (Å²) < 4.78 is 20.1. The van der Waals surface area contributed by atoms with E-state index >= 15 is 0 Å². The summed E-state index contributed by atoms with van der Waals surface area (Å²) in [5.41, 5.74) is 5.45. The van der Waals surface area contributed by atoms with Gasteiger partial charge in [-0.05, 0) is 67.3 Å². The molecule has 0 atom stereocenters. The average Bonchev–Trinajstić information content (AvgIpc) is 2.94. The Bertz CT molecular complexity index is 1380. The van der Waals surface area contributed by atoms with Crippen LogP contribution in [0.25, 0.3) is 0 Å². The van der Waals surface area contributed by atoms with Gasteiger partial charge in [0.1, 0.15) is 18.2 Å². The summed E-state index contributed by atoms with van der Waals surface area (Å²) in [6.45, 7) is 2.12. The van der Waals surface area contributed by atoms with Crippen LogP contribution in [0.15, 0.2) is 82.4 Å². The minimum Gasteiger partial charge on any atom is -0.488 e. The predicted molar refractivity (Wildman–Crippen MR) is 152 cm³/mol. The molecule has 0 aliphatic carbocycles. The molecule has 1 aliphatic rings. The van der Waals surface area contributed by atoms with Crippen molar-refractivity contribution in [3.05, 3.63) is 94.2 Å². The number of nitrogens with one attached hydrogen (secondary N) is 2. The van der Waals surface area contributed by atoms with Crippen molar-refractivity contribution in [3.63, 3.8) is 0 Å². The molecule has 1 aromatic heterocycles. The third kappa shape index (κ3) is 7.04. The SMILES string of the molecule is Fc1ccc(COc2ccc(Br)cc2/C=N\Nc2nc(Nc3ccccc3)nc(N3CCCCC3)n2)cc1. The van der Waals surface area contributed by atoms with Gasteiger partial charge < -0.3 is 15.0 Å². The van der Waals surface area contributed by atoms with Crippen LogP contribution in [0, 0.1) is 5.82 Å². The Kier molecular flexibility index (Phi) is 8.39. The average molecular weight is 576 g/mol. The molecule has 0 saturated carbocycles. The van der Waals surface area contributed by atoms with Gasteiger partial charge in [0.2, 0.25) is 17.8 Å². The Morgan fingerprint density at radius 1 is 0.921 bits per heavy atom. The summed E-state index contributed by atoms with van der Waals surface area (Å²) in [6, 6.07) is 21.7. The molecule has 2 heterocycles. The smallest absolute Gasteiger partial charge is 0.250 e. The fourth-order valence-corrected chi connectivity index (χ4v) is 4.39. The number of rotatable bonds is 9. The van der Waals surface area contributed by atoms with Crippen LogP contribution in [0.4, 0.5) is 27.9 Å². The molecule has 8 nitrogen and oxygen atoms in total. The first-order valence-corrected chi connectivity index (χ1v) is 13.2. The Morgan fingerprint density at radius 2 is 1.68 bits per heavy atom. The molecule has 1 saturated heterocycles. The number of hydrogen-bond acceptors (Lipinski definition) is 8. The summed E-state index contributed by atoms with van der Waals surface area (Å²) in [5.74, 6) is 1.75. The summed E-state index contributed by atoms with van der Waals surface area (Å²) in [5, 5.41) is 7.64. The molecular weight excluding hydrogens is 549 g/mol. The number of nitrogens with zero attached hydrogens (tertiary/aromatic N) is 5. The standard InChI is InChI=1S/C28H27BrFN7O/c29-22-11-14-25(38-19-20-9-12-23(30)13-10-20)21(17-22)18-31-36-27-33-26(32-24-7-3-1-4-8-24)34-28(35-27)37-15-5-2-6-16-37/h1,3-4,7-14,17-18H,2,5-6,15-16,19H2,(H2,32,33,34,35,36)/b31-18-. The van der Waals surface area contributed by atoms with Gasteiger partial charge in [-0.3, -0.25) is 0 Å². The third-order valence-electron chi connectivity index (χ3n) is 5.94. The number of hydrogen-bond donors (Lipinski definition) is 2. The summed E-state index contributed by atoms with van der Waals surface area (Å²) in [4.78, 5) is 16.0. The highest BCUT2D eigenvalue weighted by molar-refractivity contribution is 9.10. The second-order valence-corrected chi connectivity index (χ2v) is 9.70. The molecular formula is C28H27BrFN7O. The molecule has 0 bridgehead atoms. The lowest BCUT2D eigenvalue weighted by molar-refractivity contribution is 0.305. The number of aromatic nitrogens is 3. The van der Waals surface area contributed by atoms with Gasteiger partial charge in [-0.2, -0.15) is 20.1 Å². The Hall–Kier alpha value is -4.05. The van der Waals surface area contributed by atoms with Crippen LogP contribution < -0.4 is 20.4 Å². The normalized spacial score (nSPS) is 13.5. The van der Waals surface area contributed by atoms with E-state index in [1.54, 1.807) is 18.3 Å². The highest BCUT2D eigenvalue weighted by Gasteiger charge is 2.16. The van der Waals surface area contributed by atoms with E-state index in [4.69, 9.17) is 4.74 Å². The predicted octanol–water partition coefficient (Wildman–Crippen LogP) is 6.53. The number of piperidine rings is 1. The zero-order valence-electron chi connectivity index (χ0n) is 20.6. The van der Waals surface area contributed by atoms with Gasteiger partial charge in [0.15, 0.2) is 0 Å². The molecule has 0 spiro atoms. The first-order valence-electron chi connectivity index (χ1n) is 12.4. The van der Waals surface area contributed by atoms with E-state index in [-0.39, 0.29) is 5.82 Å². The summed E-state index contributed by atoms with van der Waals surface area (Å²) >= 11 is 3.51. The number of ether oxygens (including phenoxy) is 1. The van der Waals surface area contributed by atoms with Crippen LogP contribution in [0.5, 0.6) is 5.75 Å². The number of halogens is 2. The van der Waals surface area contributed by atoms with Crippen LogP contribution in [0.2, 0.25) is 0 Å². The van der Waals surface area contributed by atoms with Gasteiger partial charge in [0, 0.05) is 28.8 Å². The maximum absolute atomic E-state index is 13.2. The van der Waals surface area contributed by atoms with E-state index in [0.29, 0.717) is 30.2 Å². The zero-order valence-corrected chi connectivity index (χ0v) is 22.2. The fourth-order valence-electron chi connectivity index (χ4n) is 4.01. The Morgan fingerprint density at radius 3 is 2.47 bits per heavy atom. The number of anilines is 4. The maximum atomic E-state index is 13.2. The molecule has 4 aromatic rings. The van der Waals surface area contributed by atoms with Crippen LogP contribution in [-0.4, -0.2) is 34.3 Å². The highest BCUT2D eigenvalue weighted by atomic mass is 79.9.